The molecule has 5 nitrogen and oxygen atoms in total. The Bertz CT molecular complexity index is 545. The Labute approximate surface area is 108 Å². The number of hydrogen-bond donors (Lipinski definition) is 2. The number of amides is 2. The lowest BCUT2D eigenvalue weighted by Gasteiger charge is -1.99. The largest absolute Gasteiger partial charge is 0.459 e. The number of anilines is 1. The predicted molar refractivity (Wildman–Crippen MR) is 69.0 cm³/mol. The van der Waals surface area contributed by atoms with E-state index in [0.29, 0.717) is 16.4 Å². The topological polar surface area (TPSA) is 71.3 Å². The molecule has 0 bridgehead atoms. The molecule has 6 heteroatoms. The third-order valence-electron chi connectivity index (χ3n) is 2.15. The fourth-order valence-electron chi connectivity index (χ4n) is 1.36. The number of thiophene rings is 1. The van der Waals surface area contributed by atoms with Crippen molar-refractivity contribution >= 4 is 28.2 Å². The van der Waals surface area contributed by atoms with E-state index in [1.54, 1.807) is 24.3 Å². The van der Waals surface area contributed by atoms with Gasteiger partial charge in [0.15, 0.2) is 5.76 Å². The van der Waals surface area contributed by atoms with Gasteiger partial charge in [0.2, 0.25) is 0 Å². The maximum Gasteiger partial charge on any atom is 0.291 e. The second-order valence-electron chi connectivity index (χ2n) is 3.45. The molecule has 0 atom stereocenters. The first-order chi connectivity index (χ1) is 8.70. The van der Waals surface area contributed by atoms with Crippen molar-refractivity contribution in [2.75, 3.05) is 11.9 Å². The Morgan fingerprint density at radius 3 is 2.78 bits per heavy atom. The summed E-state index contributed by atoms with van der Waals surface area (Å²) in [5.41, 5.74) is 0. The molecule has 0 aromatic carbocycles. The maximum absolute atomic E-state index is 11.7. The first-order valence-electron chi connectivity index (χ1n) is 5.43. The van der Waals surface area contributed by atoms with Gasteiger partial charge in [-0.2, -0.15) is 0 Å². The minimum Gasteiger partial charge on any atom is -0.459 e. The molecule has 0 aliphatic carbocycles. The van der Waals surface area contributed by atoms with Crippen molar-refractivity contribution in [3.63, 3.8) is 0 Å². The molecule has 2 heterocycles. The van der Waals surface area contributed by atoms with E-state index in [1.807, 2.05) is 6.92 Å². The first-order valence-corrected chi connectivity index (χ1v) is 6.25. The summed E-state index contributed by atoms with van der Waals surface area (Å²) in [6.07, 6.45) is 1.43. The zero-order valence-corrected chi connectivity index (χ0v) is 10.5. The van der Waals surface area contributed by atoms with Crippen molar-refractivity contribution in [1.82, 2.24) is 5.32 Å². The van der Waals surface area contributed by atoms with Crippen molar-refractivity contribution in [2.24, 2.45) is 0 Å². The van der Waals surface area contributed by atoms with Crippen LogP contribution in [0.25, 0.3) is 0 Å². The molecule has 0 saturated heterocycles. The summed E-state index contributed by atoms with van der Waals surface area (Å²) in [7, 11) is 0. The van der Waals surface area contributed by atoms with E-state index in [0.717, 1.165) is 0 Å². The highest BCUT2D eigenvalue weighted by Gasteiger charge is 2.12. The molecule has 18 heavy (non-hydrogen) atoms. The van der Waals surface area contributed by atoms with Crippen molar-refractivity contribution in [2.45, 2.75) is 6.92 Å². The van der Waals surface area contributed by atoms with Gasteiger partial charge in [-0.15, -0.1) is 11.3 Å². The Hall–Kier alpha value is -2.08. The molecule has 0 saturated carbocycles. The monoisotopic (exact) mass is 264 g/mol. The van der Waals surface area contributed by atoms with Crippen LogP contribution in [-0.4, -0.2) is 18.4 Å². The molecule has 2 N–H and O–H groups in total. The highest BCUT2D eigenvalue weighted by atomic mass is 32.1. The van der Waals surface area contributed by atoms with Gasteiger partial charge in [-0.3, -0.25) is 9.59 Å². The van der Waals surface area contributed by atoms with Gasteiger partial charge in [0.25, 0.3) is 11.8 Å². The molecule has 0 aliphatic heterocycles. The maximum atomic E-state index is 11.7. The normalized spacial score (nSPS) is 10.1. The molecule has 0 radical (unpaired) electrons. The molecule has 2 aromatic heterocycles. The Balaban J connectivity index is 2.03. The number of hydrogen-bond acceptors (Lipinski definition) is 4. The smallest absolute Gasteiger partial charge is 0.291 e. The van der Waals surface area contributed by atoms with Crippen LogP contribution in [0.4, 0.5) is 5.00 Å². The SMILES string of the molecule is CCNC(=O)c1ccc(NC(=O)c2ccco2)s1. The highest BCUT2D eigenvalue weighted by molar-refractivity contribution is 7.18. The van der Waals surface area contributed by atoms with Crippen LogP contribution in [0.15, 0.2) is 34.9 Å². The van der Waals surface area contributed by atoms with Crippen molar-refractivity contribution in [3.8, 4) is 0 Å². The zero-order valence-electron chi connectivity index (χ0n) is 9.73. The summed E-state index contributed by atoms with van der Waals surface area (Å²) in [5, 5.41) is 5.97. The van der Waals surface area contributed by atoms with E-state index in [-0.39, 0.29) is 17.6 Å². The minimum atomic E-state index is -0.329. The van der Waals surface area contributed by atoms with Gasteiger partial charge < -0.3 is 15.1 Å². The lowest BCUT2D eigenvalue weighted by atomic mass is 10.4. The van der Waals surface area contributed by atoms with Crippen LogP contribution < -0.4 is 10.6 Å². The molecular formula is C12H12N2O3S. The summed E-state index contributed by atoms with van der Waals surface area (Å²) in [5.74, 6) is -0.228. The van der Waals surface area contributed by atoms with Crippen LogP contribution >= 0.6 is 11.3 Å². The fourth-order valence-corrected chi connectivity index (χ4v) is 2.17. The van der Waals surface area contributed by atoms with E-state index in [9.17, 15) is 9.59 Å². The minimum absolute atomic E-state index is 0.138. The van der Waals surface area contributed by atoms with Crippen LogP contribution in [0.3, 0.4) is 0 Å². The van der Waals surface area contributed by atoms with E-state index in [2.05, 4.69) is 10.6 Å². The lowest BCUT2D eigenvalue weighted by molar-refractivity contribution is 0.0958. The third kappa shape index (κ3) is 2.78. The average Bonchev–Trinajstić information content (AvgIpc) is 2.99. The predicted octanol–water partition coefficient (Wildman–Crippen LogP) is 2.34. The summed E-state index contributed by atoms with van der Waals surface area (Å²) in [6, 6.07) is 6.58. The molecule has 0 spiro atoms. The second kappa shape index (κ2) is 5.50. The molecular weight excluding hydrogens is 252 g/mol. The van der Waals surface area contributed by atoms with Gasteiger partial charge in [-0.25, -0.2) is 0 Å². The Morgan fingerprint density at radius 2 is 2.11 bits per heavy atom. The van der Waals surface area contributed by atoms with Crippen LogP contribution in [0.2, 0.25) is 0 Å². The Morgan fingerprint density at radius 1 is 1.28 bits per heavy atom. The molecule has 0 aliphatic rings. The van der Waals surface area contributed by atoms with Gasteiger partial charge in [-0.1, -0.05) is 0 Å². The molecule has 2 aromatic rings. The number of carbonyl (C=O) groups excluding carboxylic acids is 2. The van der Waals surface area contributed by atoms with Crippen molar-refractivity contribution in [3.05, 3.63) is 41.2 Å². The fraction of sp³-hybridized carbons (Fsp3) is 0.167. The summed E-state index contributed by atoms with van der Waals surface area (Å²) >= 11 is 1.22. The van der Waals surface area contributed by atoms with Crippen LogP contribution in [0.5, 0.6) is 0 Å². The molecule has 0 unspecified atom stereocenters. The van der Waals surface area contributed by atoms with Gasteiger partial charge in [-0.05, 0) is 31.2 Å². The second-order valence-corrected chi connectivity index (χ2v) is 4.54. The molecule has 0 fully saturated rings. The number of furan rings is 1. The summed E-state index contributed by atoms with van der Waals surface area (Å²) in [4.78, 5) is 23.8. The average molecular weight is 264 g/mol. The highest BCUT2D eigenvalue weighted by Crippen LogP contribution is 2.22. The van der Waals surface area contributed by atoms with Crippen LogP contribution in [-0.2, 0) is 0 Å². The molecule has 2 amide bonds. The van der Waals surface area contributed by atoms with Crippen LogP contribution in [0, 0.1) is 0 Å². The number of rotatable bonds is 4. The quantitative estimate of drug-likeness (QED) is 0.890. The summed E-state index contributed by atoms with van der Waals surface area (Å²) in [6.45, 7) is 2.43. The van der Waals surface area contributed by atoms with Crippen molar-refractivity contribution < 1.29 is 14.0 Å². The van der Waals surface area contributed by atoms with Gasteiger partial charge in [0, 0.05) is 6.54 Å². The lowest BCUT2D eigenvalue weighted by Crippen LogP contribution is -2.21. The van der Waals surface area contributed by atoms with Crippen LogP contribution in [0.1, 0.15) is 27.2 Å². The molecule has 2 rings (SSSR count). The number of nitrogens with one attached hydrogen (secondary N) is 2. The summed E-state index contributed by atoms with van der Waals surface area (Å²) < 4.78 is 4.97. The third-order valence-corrected chi connectivity index (χ3v) is 3.15. The van der Waals surface area contributed by atoms with E-state index in [4.69, 9.17) is 4.42 Å². The van der Waals surface area contributed by atoms with Crippen molar-refractivity contribution in [1.29, 1.82) is 0 Å². The standard InChI is InChI=1S/C12H12N2O3S/c1-2-13-12(16)9-5-6-10(18-9)14-11(15)8-4-3-7-17-8/h3-7H,2H2,1H3,(H,13,16)(H,14,15). The molecule has 94 valence electrons. The first kappa shape index (κ1) is 12.4. The zero-order chi connectivity index (χ0) is 13.0. The van der Waals surface area contributed by atoms with Gasteiger partial charge >= 0.3 is 0 Å². The van der Waals surface area contributed by atoms with E-state index >= 15 is 0 Å². The van der Waals surface area contributed by atoms with Gasteiger partial charge in [0.1, 0.15) is 0 Å². The van der Waals surface area contributed by atoms with E-state index < -0.39 is 0 Å². The number of carbonyl (C=O) groups is 2. The Kier molecular flexibility index (Phi) is 3.78. The van der Waals surface area contributed by atoms with E-state index in [1.165, 1.54) is 17.6 Å². The van der Waals surface area contributed by atoms with Gasteiger partial charge in [0.05, 0.1) is 16.1 Å².